The van der Waals surface area contributed by atoms with Gasteiger partial charge in [-0.25, -0.2) is 4.39 Å². The van der Waals surface area contributed by atoms with Crippen LogP contribution < -0.4 is 0 Å². The third kappa shape index (κ3) is 4.86. The number of nitrogens with one attached hydrogen (secondary N) is 1. The number of aromatic nitrogens is 4. The highest BCUT2D eigenvalue weighted by Gasteiger charge is 2.33. The predicted octanol–water partition coefficient (Wildman–Crippen LogP) is 4.75. The van der Waals surface area contributed by atoms with E-state index < -0.39 is 0 Å². The van der Waals surface area contributed by atoms with E-state index in [9.17, 15) is 9.18 Å². The number of hydrogen-bond acceptors (Lipinski definition) is 3. The van der Waals surface area contributed by atoms with Gasteiger partial charge in [0, 0.05) is 36.5 Å². The highest BCUT2D eigenvalue weighted by Crippen LogP contribution is 2.41. The summed E-state index contributed by atoms with van der Waals surface area (Å²) in [5.74, 6) is 0.236. The van der Waals surface area contributed by atoms with Crippen molar-refractivity contribution in [3.63, 3.8) is 0 Å². The van der Waals surface area contributed by atoms with Crippen LogP contribution >= 0.6 is 0 Å². The summed E-state index contributed by atoms with van der Waals surface area (Å²) in [4.78, 5) is 14.7. The number of amides is 1. The van der Waals surface area contributed by atoms with Gasteiger partial charge < -0.3 is 4.90 Å². The highest BCUT2D eigenvalue weighted by atomic mass is 19.1. The summed E-state index contributed by atoms with van der Waals surface area (Å²) >= 11 is 0. The molecule has 1 saturated carbocycles. The molecule has 0 aliphatic heterocycles. The molecule has 3 aromatic rings. The molecule has 2 heterocycles. The van der Waals surface area contributed by atoms with E-state index in [0.29, 0.717) is 18.2 Å². The van der Waals surface area contributed by atoms with Gasteiger partial charge in [0.2, 0.25) is 0 Å². The van der Waals surface area contributed by atoms with E-state index >= 15 is 0 Å². The molecule has 1 amide bonds. The highest BCUT2D eigenvalue weighted by molar-refractivity contribution is 5.92. The maximum Gasteiger partial charge on any atom is 0.274 e. The molecule has 0 bridgehead atoms. The lowest BCUT2D eigenvalue weighted by atomic mass is 10.1. The minimum absolute atomic E-state index is 0.0403. The summed E-state index contributed by atoms with van der Waals surface area (Å²) in [6.07, 6.45) is 3.93. The second-order valence-corrected chi connectivity index (χ2v) is 9.43. The molecule has 1 aliphatic carbocycles. The fourth-order valence-corrected chi connectivity index (χ4v) is 3.77. The third-order valence-corrected chi connectivity index (χ3v) is 5.64. The Hall–Kier alpha value is -2.96. The lowest BCUT2D eigenvalue weighted by Gasteiger charge is -2.22. The van der Waals surface area contributed by atoms with Gasteiger partial charge in [-0.2, -0.15) is 10.2 Å². The van der Waals surface area contributed by atoms with Crippen LogP contribution in [0.5, 0.6) is 0 Å². The van der Waals surface area contributed by atoms with Crippen LogP contribution in [0.3, 0.4) is 0 Å². The van der Waals surface area contributed by atoms with Gasteiger partial charge in [0.05, 0.1) is 11.2 Å². The van der Waals surface area contributed by atoms with Crippen LogP contribution in [0, 0.1) is 5.82 Å². The van der Waals surface area contributed by atoms with Gasteiger partial charge in [-0.05, 0) is 82.9 Å². The average molecular weight is 424 g/mol. The van der Waals surface area contributed by atoms with Crippen molar-refractivity contribution < 1.29 is 9.18 Å². The number of H-pyrrole nitrogens is 1. The largest absolute Gasteiger partial charge is 0.340 e. The van der Waals surface area contributed by atoms with Gasteiger partial charge in [0.1, 0.15) is 5.82 Å². The average Bonchev–Trinajstić information content (AvgIpc) is 3.28. The zero-order valence-corrected chi connectivity index (χ0v) is 18.7. The molecule has 6 nitrogen and oxygen atoms in total. The number of halogens is 1. The third-order valence-electron chi connectivity index (χ3n) is 5.64. The van der Waals surface area contributed by atoms with E-state index in [1.165, 1.54) is 30.7 Å². The Morgan fingerprint density at radius 1 is 1.23 bits per heavy atom. The second-order valence-electron chi connectivity index (χ2n) is 9.43. The molecule has 1 aliphatic rings. The summed E-state index contributed by atoms with van der Waals surface area (Å²) in [5.41, 5.74) is 4.22. The van der Waals surface area contributed by atoms with E-state index in [-0.39, 0.29) is 17.3 Å². The molecule has 4 rings (SSSR count). The van der Waals surface area contributed by atoms with Crippen LogP contribution in [-0.2, 0) is 12.0 Å². The quantitative estimate of drug-likeness (QED) is 0.596. The van der Waals surface area contributed by atoms with Crippen molar-refractivity contribution in [3.05, 3.63) is 59.3 Å². The normalized spacial score (nSPS) is 14.1. The van der Waals surface area contributed by atoms with Crippen molar-refractivity contribution in [1.82, 2.24) is 24.9 Å². The van der Waals surface area contributed by atoms with Crippen molar-refractivity contribution in [2.45, 2.75) is 57.9 Å². The molecule has 31 heavy (non-hydrogen) atoms. The fraction of sp³-hybridized carbons (Fsp3) is 0.458. The Morgan fingerprint density at radius 3 is 2.58 bits per heavy atom. The smallest absolute Gasteiger partial charge is 0.274 e. The lowest BCUT2D eigenvalue weighted by molar-refractivity contribution is 0.0786. The maximum atomic E-state index is 13.1. The van der Waals surface area contributed by atoms with Gasteiger partial charge in [0.25, 0.3) is 5.91 Å². The molecule has 0 spiro atoms. The molecule has 1 aromatic carbocycles. The number of benzene rings is 1. The molecule has 1 fully saturated rings. The first-order chi connectivity index (χ1) is 14.7. The van der Waals surface area contributed by atoms with Crippen LogP contribution in [0.4, 0.5) is 4.39 Å². The van der Waals surface area contributed by atoms with Gasteiger partial charge in [-0.3, -0.25) is 14.6 Å². The summed E-state index contributed by atoms with van der Waals surface area (Å²) in [6, 6.07) is 10.2. The molecule has 0 radical (unpaired) electrons. The first-order valence-electron chi connectivity index (χ1n) is 10.9. The molecule has 2 aromatic heterocycles. The Kier molecular flexibility index (Phi) is 5.69. The molecule has 1 N–H and O–H groups in total. The number of aryl methyl sites for hydroxylation is 1. The molecule has 7 heteroatoms. The van der Waals surface area contributed by atoms with Crippen LogP contribution in [0.15, 0.2) is 36.4 Å². The monoisotopic (exact) mass is 423 g/mol. The van der Waals surface area contributed by atoms with Crippen molar-refractivity contribution in [1.29, 1.82) is 0 Å². The minimum atomic E-state index is -0.260. The van der Waals surface area contributed by atoms with E-state index in [1.54, 1.807) is 17.0 Å². The van der Waals surface area contributed by atoms with Crippen LogP contribution in [-0.4, -0.2) is 44.4 Å². The van der Waals surface area contributed by atoms with Gasteiger partial charge in [-0.15, -0.1) is 0 Å². The van der Waals surface area contributed by atoms with Crippen LogP contribution in [0.25, 0.3) is 11.3 Å². The van der Waals surface area contributed by atoms with E-state index in [4.69, 9.17) is 0 Å². The standard InChI is InChI=1S/C24H30FN5O/c1-24(2,3)30-22(17-7-8-17)15-21(28-30)23(31)29(4)13-5-6-19-14-20(27-26-19)16-9-11-18(25)12-10-16/h9-12,14-15,17H,5-8,13H2,1-4H3,(H,26,27). The Morgan fingerprint density at radius 2 is 1.94 bits per heavy atom. The molecule has 0 unspecified atom stereocenters. The van der Waals surface area contributed by atoms with Crippen molar-refractivity contribution in [3.8, 4) is 11.3 Å². The zero-order valence-electron chi connectivity index (χ0n) is 18.7. The molecule has 0 saturated heterocycles. The Labute approximate surface area is 182 Å². The van der Waals surface area contributed by atoms with Gasteiger partial charge >= 0.3 is 0 Å². The predicted molar refractivity (Wildman–Crippen MR) is 118 cm³/mol. The van der Waals surface area contributed by atoms with Crippen molar-refractivity contribution >= 4 is 5.91 Å². The second kappa shape index (κ2) is 8.29. The van der Waals surface area contributed by atoms with E-state index in [0.717, 1.165) is 29.8 Å². The Bertz CT molecular complexity index is 1060. The summed E-state index contributed by atoms with van der Waals surface area (Å²) in [5, 5.41) is 12.0. The number of aromatic amines is 1. The molecular weight excluding hydrogens is 393 g/mol. The summed E-state index contributed by atoms with van der Waals surface area (Å²) in [6.45, 7) is 6.99. The first-order valence-corrected chi connectivity index (χ1v) is 10.9. The first kappa shape index (κ1) is 21.3. The van der Waals surface area contributed by atoms with Gasteiger partial charge in [0.15, 0.2) is 5.69 Å². The molecule has 164 valence electrons. The molecular formula is C24H30FN5O. The zero-order chi connectivity index (χ0) is 22.2. The fourth-order valence-electron chi connectivity index (χ4n) is 3.77. The van der Waals surface area contributed by atoms with E-state index in [2.05, 4.69) is 36.1 Å². The summed E-state index contributed by atoms with van der Waals surface area (Å²) in [7, 11) is 1.83. The number of carbonyl (C=O) groups is 1. The molecule has 0 atom stereocenters. The van der Waals surface area contributed by atoms with Crippen molar-refractivity contribution in [2.75, 3.05) is 13.6 Å². The number of rotatable bonds is 7. The summed E-state index contributed by atoms with van der Waals surface area (Å²) < 4.78 is 15.1. The Balaban J connectivity index is 1.35. The minimum Gasteiger partial charge on any atom is -0.340 e. The number of carbonyl (C=O) groups excluding carboxylic acids is 1. The van der Waals surface area contributed by atoms with Gasteiger partial charge in [-0.1, -0.05) is 0 Å². The van der Waals surface area contributed by atoms with Crippen molar-refractivity contribution in [2.24, 2.45) is 0 Å². The maximum absolute atomic E-state index is 13.1. The SMILES string of the molecule is CN(CCCc1cc(-c2ccc(F)cc2)n[nH]1)C(=O)c1cc(C2CC2)n(C(C)(C)C)n1. The lowest BCUT2D eigenvalue weighted by Crippen LogP contribution is -2.29. The number of hydrogen-bond donors (Lipinski definition) is 1. The van der Waals surface area contributed by atoms with Crippen LogP contribution in [0.1, 0.15) is 67.8 Å². The van der Waals surface area contributed by atoms with Crippen LogP contribution in [0.2, 0.25) is 0 Å². The topological polar surface area (TPSA) is 66.8 Å². The number of nitrogens with zero attached hydrogens (tertiary/aromatic N) is 4. The van der Waals surface area contributed by atoms with E-state index in [1.807, 2.05) is 23.9 Å².